The molecule has 0 spiro atoms. The minimum Gasteiger partial charge on any atom is -0.151 e. The summed E-state index contributed by atoms with van der Waals surface area (Å²) in [6.07, 6.45) is 6.93. The van der Waals surface area contributed by atoms with E-state index in [0.717, 1.165) is 17.8 Å². The Morgan fingerprint density at radius 1 is 1.27 bits per heavy atom. The average molecular weight is 200 g/mol. The maximum atomic E-state index is 4.17. The smallest absolute Gasteiger partial charge is 0.0857 e. The molecule has 2 nitrogen and oxygen atoms in total. The van der Waals surface area contributed by atoms with Crippen molar-refractivity contribution in [3.05, 3.63) is 54.3 Å². The first-order valence-electron chi connectivity index (χ1n) is 5.16. The molecule has 0 N–H and O–H groups in total. The van der Waals surface area contributed by atoms with Gasteiger partial charge in [0.2, 0.25) is 0 Å². The van der Waals surface area contributed by atoms with Crippen molar-refractivity contribution in [1.82, 2.24) is 0 Å². The quantitative estimate of drug-likeness (QED) is 0.499. The number of azo groups is 1. The lowest BCUT2D eigenvalue weighted by Gasteiger charge is -1.92. The summed E-state index contributed by atoms with van der Waals surface area (Å²) in [4.78, 5) is 0. The van der Waals surface area contributed by atoms with Crippen LogP contribution in [0.1, 0.15) is 20.3 Å². The van der Waals surface area contributed by atoms with Crippen molar-refractivity contribution in [2.45, 2.75) is 20.3 Å². The second-order valence-corrected chi connectivity index (χ2v) is 3.07. The highest BCUT2D eigenvalue weighted by molar-refractivity contribution is 5.35. The van der Waals surface area contributed by atoms with Crippen LogP contribution >= 0.6 is 0 Å². The van der Waals surface area contributed by atoms with Crippen LogP contribution in [0.25, 0.3) is 0 Å². The molecule has 0 aliphatic carbocycles. The van der Waals surface area contributed by atoms with E-state index in [-0.39, 0.29) is 0 Å². The largest absolute Gasteiger partial charge is 0.151 e. The van der Waals surface area contributed by atoms with Crippen LogP contribution in [-0.2, 0) is 0 Å². The lowest BCUT2D eigenvalue weighted by molar-refractivity contribution is 1.12. The third-order valence-corrected chi connectivity index (χ3v) is 1.79. The van der Waals surface area contributed by atoms with Gasteiger partial charge in [-0.1, -0.05) is 37.3 Å². The predicted molar refractivity (Wildman–Crippen MR) is 64.1 cm³/mol. The van der Waals surface area contributed by atoms with Crippen molar-refractivity contribution < 1.29 is 0 Å². The number of hydrogen-bond donors (Lipinski definition) is 0. The van der Waals surface area contributed by atoms with E-state index in [0.29, 0.717) is 0 Å². The van der Waals surface area contributed by atoms with Gasteiger partial charge in [0.05, 0.1) is 11.4 Å². The summed E-state index contributed by atoms with van der Waals surface area (Å²) in [6, 6.07) is 9.74. The molecule has 1 rings (SSSR count). The van der Waals surface area contributed by atoms with E-state index in [4.69, 9.17) is 0 Å². The second-order valence-electron chi connectivity index (χ2n) is 3.07. The number of benzene rings is 1. The predicted octanol–water partition coefficient (Wildman–Crippen LogP) is 4.64. The number of allylic oxidation sites excluding steroid dienone is 3. The Labute approximate surface area is 91.1 Å². The van der Waals surface area contributed by atoms with Gasteiger partial charge in [0.1, 0.15) is 0 Å². The summed E-state index contributed by atoms with van der Waals surface area (Å²) in [5.41, 5.74) is 1.79. The first-order valence-corrected chi connectivity index (χ1v) is 5.16. The molecule has 2 heteroatoms. The van der Waals surface area contributed by atoms with Crippen LogP contribution in [0, 0.1) is 0 Å². The monoisotopic (exact) mass is 200 g/mol. The molecule has 0 aliphatic heterocycles. The molecular weight excluding hydrogens is 184 g/mol. The third kappa shape index (κ3) is 4.36. The average Bonchev–Trinajstić information content (AvgIpc) is 2.28. The van der Waals surface area contributed by atoms with E-state index in [1.165, 1.54) is 0 Å². The molecule has 0 radical (unpaired) electrons. The zero-order valence-corrected chi connectivity index (χ0v) is 9.22. The normalized spacial score (nSPS) is 12.8. The molecule has 0 bridgehead atoms. The van der Waals surface area contributed by atoms with E-state index < -0.39 is 0 Å². The molecule has 0 unspecified atom stereocenters. The molecule has 0 amide bonds. The van der Waals surface area contributed by atoms with Gasteiger partial charge in [0.15, 0.2) is 0 Å². The molecule has 78 valence electrons. The van der Waals surface area contributed by atoms with E-state index in [1.807, 2.05) is 55.5 Å². The van der Waals surface area contributed by atoms with Crippen molar-refractivity contribution in [2.24, 2.45) is 10.2 Å². The Hall–Kier alpha value is -1.70. The molecule has 0 aromatic heterocycles. The van der Waals surface area contributed by atoms with Gasteiger partial charge in [-0.25, -0.2) is 0 Å². The van der Waals surface area contributed by atoms with Crippen molar-refractivity contribution in [1.29, 1.82) is 0 Å². The summed E-state index contributed by atoms with van der Waals surface area (Å²) in [5.74, 6) is 0. The van der Waals surface area contributed by atoms with Crippen LogP contribution in [0.3, 0.4) is 0 Å². The van der Waals surface area contributed by atoms with Crippen molar-refractivity contribution in [3.63, 3.8) is 0 Å². The SMILES string of the molecule is C/C=C\C(=C/CC)N=Nc1ccccc1. The summed E-state index contributed by atoms with van der Waals surface area (Å²) in [6.45, 7) is 4.06. The maximum Gasteiger partial charge on any atom is 0.0857 e. The lowest BCUT2D eigenvalue weighted by Crippen LogP contribution is -1.70. The molecule has 0 fully saturated rings. The summed E-state index contributed by atoms with van der Waals surface area (Å²) >= 11 is 0. The Morgan fingerprint density at radius 3 is 2.60 bits per heavy atom. The second kappa shape index (κ2) is 6.71. The Morgan fingerprint density at radius 2 is 2.00 bits per heavy atom. The standard InChI is InChI=1S/C13H16N2/c1-3-8-12(9-4-2)14-15-13-10-6-5-7-11-13/h3,5-11H,4H2,1-2H3/b8-3-,12-9+,15-14?. The first-order chi connectivity index (χ1) is 7.36. The zero-order valence-electron chi connectivity index (χ0n) is 9.22. The summed E-state index contributed by atoms with van der Waals surface area (Å²) < 4.78 is 0. The van der Waals surface area contributed by atoms with E-state index in [1.54, 1.807) is 0 Å². The first kappa shape index (κ1) is 11.4. The van der Waals surface area contributed by atoms with Gasteiger partial charge in [-0.2, -0.15) is 10.2 Å². The Bertz CT molecular complexity index is 361. The fourth-order valence-electron chi connectivity index (χ4n) is 1.13. The minimum atomic E-state index is 0.879. The topological polar surface area (TPSA) is 24.7 Å². The van der Waals surface area contributed by atoms with Gasteiger partial charge >= 0.3 is 0 Å². The van der Waals surface area contributed by atoms with Crippen LogP contribution < -0.4 is 0 Å². The van der Waals surface area contributed by atoms with E-state index in [2.05, 4.69) is 17.2 Å². The molecule has 15 heavy (non-hydrogen) atoms. The van der Waals surface area contributed by atoms with E-state index in [9.17, 15) is 0 Å². The minimum absolute atomic E-state index is 0.879. The fourth-order valence-corrected chi connectivity index (χ4v) is 1.13. The van der Waals surface area contributed by atoms with Crippen LogP contribution in [0.4, 0.5) is 5.69 Å². The van der Waals surface area contributed by atoms with Gasteiger partial charge < -0.3 is 0 Å². The molecular formula is C13H16N2. The number of hydrogen-bond acceptors (Lipinski definition) is 2. The van der Waals surface area contributed by atoms with E-state index >= 15 is 0 Å². The molecule has 1 aromatic carbocycles. The van der Waals surface area contributed by atoms with Crippen LogP contribution in [0.5, 0.6) is 0 Å². The molecule has 0 heterocycles. The molecule has 0 atom stereocenters. The van der Waals surface area contributed by atoms with Crippen molar-refractivity contribution in [3.8, 4) is 0 Å². The van der Waals surface area contributed by atoms with Crippen LogP contribution in [0.15, 0.2) is 64.5 Å². The summed E-state index contributed by atoms with van der Waals surface area (Å²) in [5, 5.41) is 8.32. The fraction of sp³-hybridized carbons (Fsp3) is 0.231. The Balaban J connectivity index is 2.75. The maximum absolute atomic E-state index is 4.17. The zero-order chi connectivity index (χ0) is 10.9. The van der Waals surface area contributed by atoms with Gasteiger partial charge in [0, 0.05) is 0 Å². The van der Waals surface area contributed by atoms with Crippen LogP contribution in [0.2, 0.25) is 0 Å². The molecule has 0 saturated heterocycles. The van der Waals surface area contributed by atoms with Gasteiger partial charge in [0.25, 0.3) is 0 Å². The van der Waals surface area contributed by atoms with Crippen LogP contribution in [-0.4, -0.2) is 0 Å². The third-order valence-electron chi connectivity index (χ3n) is 1.79. The highest BCUT2D eigenvalue weighted by atomic mass is 15.1. The highest BCUT2D eigenvalue weighted by Crippen LogP contribution is 2.13. The van der Waals surface area contributed by atoms with Gasteiger partial charge in [-0.05, 0) is 31.6 Å². The van der Waals surface area contributed by atoms with Crippen molar-refractivity contribution in [2.75, 3.05) is 0 Å². The molecule has 0 saturated carbocycles. The van der Waals surface area contributed by atoms with Gasteiger partial charge in [-0.15, -0.1) is 0 Å². The lowest BCUT2D eigenvalue weighted by atomic mass is 10.3. The molecule has 0 aliphatic rings. The highest BCUT2D eigenvalue weighted by Gasteiger charge is 1.88. The molecule has 1 aromatic rings. The number of rotatable bonds is 4. The van der Waals surface area contributed by atoms with Crippen molar-refractivity contribution >= 4 is 5.69 Å². The summed E-state index contributed by atoms with van der Waals surface area (Å²) in [7, 11) is 0. The van der Waals surface area contributed by atoms with Gasteiger partial charge in [-0.3, -0.25) is 0 Å². The Kier molecular flexibility index (Phi) is 5.09. The number of nitrogens with zero attached hydrogens (tertiary/aromatic N) is 2.